The number of rotatable bonds is 5. The van der Waals surface area contributed by atoms with E-state index in [1.54, 1.807) is 24.4 Å². The molecule has 0 unspecified atom stereocenters. The molecule has 0 spiro atoms. The van der Waals surface area contributed by atoms with Gasteiger partial charge in [0.25, 0.3) is 0 Å². The maximum Gasteiger partial charge on any atom is 0.248 e. The number of nitrogens with one attached hydrogen (secondary N) is 1. The molecule has 0 bridgehead atoms. The second-order valence-electron chi connectivity index (χ2n) is 3.86. The summed E-state index contributed by atoms with van der Waals surface area (Å²) >= 11 is 0. The van der Waals surface area contributed by atoms with Crippen LogP contribution in [0.5, 0.6) is 0 Å². The topological polar surface area (TPSA) is 99.0 Å². The number of hydrogen-bond acceptors (Lipinski definition) is 4. The number of aromatic nitrogens is 2. The Hall–Kier alpha value is -2.50. The summed E-state index contributed by atoms with van der Waals surface area (Å²) in [4.78, 5) is 11.0. The monoisotopic (exact) mass is 245 g/mol. The summed E-state index contributed by atoms with van der Waals surface area (Å²) in [5.41, 5.74) is 12.7. The van der Waals surface area contributed by atoms with Crippen molar-refractivity contribution >= 4 is 17.3 Å². The highest BCUT2D eigenvalue weighted by Gasteiger charge is 2.04. The number of hydrogen-bond donors (Lipinski definition) is 3. The molecule has 5 N–H and O–H groups in total. The van der Waals surface area contributed by atoms with Crippen molar-refractivity contribution in [3.05, 3.63) is 42.2 Å². The summed E-state index contributed by atoms with van der Waals surface area (Å²) in [5, 5.41) is 7.27. The van der Waals surface area contributed by atoms with Gasteiger partial charge in [0.1, 0.15) is 0 Å². The molecule has 1 heterocycles. The average Bonchev–Trinajstić information content (AvgIpc) is 2.84. The molecule has 0 saturated carbocycles. The average molecular weight is 245 g/mol. The van der Waals surface area contributed by atoms with Crippen LogP contribution in [0.1, 0.15) is 10.4 Å². The van der Waals surface area contributed by atoms with Gasteiger partial charge in [-0.15, -0.1) is 0 Å². The first kappa shape index (κ1) is 12.0. The molecule has 1 amide bonds. The molecule has 0 aliphatic heterocycles. The Morgan fingerprint density at radius 3 is 2.89 bits per heavy atom. The number of primary amides is 1. The largest absolute Gasteiger partial charge is 0.397 e. The van der Waals surface area contributed by atoms with Crippen LogP contribution < -0.4 is 16.8 Å². The first-order valence-corrected chi connectivity index (χ1v) is 5.57. The van der Waals surface area contributed by atoms with Crippen molar-refractivity contribution in [2.75, 3.05) is 17.6 Å². The number of anilines is 2. The van der Waals surface area contributed by atoms with Crippen LogP contribution in [-0.4, -0.2) is 22.2 Å². The molecule has 2 aromatic rings. The Morgan fingerprint density at radius 2 is 2.28 bits per heavy atom. The number of amides is 1. The molecule has 1 aromatic carbocycles. The van der Waals surface area contributed by atoms with Gasteiger partial charge in [-0.25, -0.2) is 0 Å². The summed E-state index contributed by atoms with van der Waals surface area (Å²) in [5.74, 6) is -0.482. The highest BCUT2D eigenvalue weighted by atomic mass is 16.1. The minimum atomic E-state index is -0.482. The van der Waals surface area contributed by atoms with Gasteiger partial charge in [-0.05, 0) is 24.3 Å². The third-order valence-electron chi connectivity index (χ3n) is 2.55. The zero-order valence-electron chi connectivity index (χ0n) is 9.84. The standard InChI is InChI=1S/C12H15N5O/c13-10-8-9(12(14)18)2-3-11(10)15-5-7-17-6-1-4-16-17/h1-4,6,8,15H,5,7,13H2,(H2,14,18). The predicted octanol–water partition coefficient (Wildman–Crippen LogP) is 0.676. The van der Waals surface area contributed by atoms with E-state index in [4.69, 9.17) is 11.5 Å². The van der Waals surface area contributed by atoms with Crippen LogP contribution in [0.4, 0.5) is 11.4 Å². The molecule has 6 nitrogen and oxygen atoms in total. The van der Waals surface area contributed by atoms with Crippen LogP contribution in [0.2, 0.25) is 0 Å². The number of carbonyl (C=O) groups excluding carboxylic acids is 1. The maximum atomic E-state index is 11.0. The molecule has 1 aromatic heterocycles. The van der Waals surface area contributed by atoms with E-state index in [1.807, 2.05) is 16.9 Å². The van der Waals surface area contributed by atoms with Crippen molar-refractivity contribution in [2.24, 2.45) is 5.73 Å². The lowest BCUT2D eigenvalue weighted by atomic mass is 10.1. The van der Waals surface area contributed by atoms with Crippen LogP contribution in [0.15, 0.2) is 36.7 Å². The van der Waals surface area contributed by atoms with Crippen molar-refractivity contribution in [1.29, 1.82) is 0 Å². The van der Waals surface area contributed by atoms with Gasteiger partial charge in [0.2, 0.25) is 5.91 Å². The molecule has 94 valence electrons. The lowest BCUT2D eigenvalue weighted by Crippen LogP contribution is -2.14. The Balaban J connectivity index is 1.95. The van der Waals surface area contributed by atoms with Gasteiger partial charge in [0, 0.05) is 24.5 Å². The molecule has 2 rings (SSSR count). The second-order valence-corrected chi connectivity index (χ2v) is 3.86. The van der Waals surface area contributed by atoms with E-state index in [0.29, 0.717) is 17.8 Å². The summed E-state index contributed by atoms with van der Waals surface area (Å²) in [7, 11) is 0. The summed E-state index contributed by atoms with van der Waals surface area (Å²) in [6.07, 6.45) is 3.62. The van der Waals surface area contributed by atoms with Gasteiger partial charge >= 0.3 is 0 Å². The van der Waals surface area contributed by atoms with Crippen molar-refractivity contribution < 1.29 is 4.79 Å². The maximum absolute atomic E-state index is 11.0. The quantitative estimate of drug-likeness (QED) is 0.674. The molecule has 0 aliphatic carbocycles. The van der Waals surface area contributed by atoms with E-state index in [9.17, 15) is 4.79 Å². The van der Waals surface area contributed by atoms with E-state index >= 15 is 0 Å². The third kappa shape index (κ3) is 2.79. The molecule has 0 fully saturated rings. The van der Waals surface area contributed by atoms with Crippen molar-refractivity contribution in [3.63, 3.8) is 0 Å². The SMILES string of the molecule is NC(=O)c1ccc(NCCn2cccn2)c(N)c1. The van der Waals surface area contributed by atoms with E-state index in [-0.39, 0.29) is 0 Å². The minimum absolute atomic E-state index is 0.408. The fourth-order valence-corrected chi connectivity index (χ4v) is 1.61. The highest BCUT2D eigenvalue weighted by Crippen LogP contribution is 2.19. The van der Waals surface area contributed by atoms with Gasteiger partial charge in [0.15, 0.2) is 0 Å². The van der Waals surface area contributed by atoms with E-state index in [0.717, 1.165) is 12.2 Å². The third-order valence-corrected chi connectivity index (χ3v) is 2.55. The highest BCUT2D eigenvalue weighted by molar-refractivity contribution is 5.94. The molecular formula is C12H15N5O. The lowest BCUT2D eigenvalue weighted by Gasteiger charge is -2.10. The van der Waals surface area contributed by atoms with E-state index in [1.165, 1.54) is 0 Å². The summed E-state index contributed by atoms with van der Waals surface area (Å²) in [6.45, 7) is 1.44. The molecular weight excluding hydrogens is 230 g/mol. The van der Waals surface area contributed by atoms with Gasteiger partial charge in [-0.1, -0.05) is 0 Å². The Bertz CT molecular complexity index is 535. The Kier molecular flexibility index (Phi) is 3.47. The van der Waals surface area contributed by atoms with Gasteiger partial charge in [0.05, 0.1) is 17.9 Å². The normalized spacial score (nSPS) is 10.2. The number of nitrogens with two attached hydrogens (primary N) is 2. The predicted molar refractivity (Wildman–Crippen MR) is 70.1 cm³/mol. The van der Waals surface area contributed by atoms with Gasteiger partial charge in [-0.2, -0.15) is 5.10 Å². The number of nitrogen functional groups attached to an aromatic ring is 1. The van der Waals surface area contributed by atoms with Crippen molar-refractivity contribution in [2.45, 2.75) is 6.54 Å². The molecule has 6 heteroatoms. The lowest BCUT2D eigenvalue weighted by molar-refractivity contribution is 0.100. The first-order valence-electron chi connectivity index (χ1n) is 5.57. The molecule has 18 heavy (non-hydrogen) atoms. The Labute approximate surface area is 105 Å². The van der Waals surface area contributed by atoms with E-state index < -0.39 is 5.91 Å². The Morgan fingerprint density at radius 1 is 1.44 bits per heavy atom. The van der Waals surface area contributed by atoms with Crippen LogP contribution in [0.25, 0.3) is 0 Å². The molecule has 0 radical (unpaired) electrons. The van der Waals surface area contributed by atoms with Gasteiger partial charge < -0.3 is 16.8 Å². The fraction of sp³-hybridized carbons (Fsp3) is 0.167. The zero-order chi connectivity index (χ0) is 13.0. The summed E-state index contributed by atoms with van der Waals surface area (Å²) in [6, 6.07) is 6.84. The molecule has 0 aliphatic rings. The summed E-state index contributed by atoms with van der Waals surface area (Å²) < 4.78 is 1.82. The molecule has 0 atom stereocenters. The van der Waals surface area contributed by atoms with Crippen LogP contribution >= 0.6 is 0 Å². The van der Waals surface area contributed by atoms with Crippen LogP contribution in [0, 0.1) is 0 Å². The van der Waals surface area contributed by atoms with Crippen LogP contribution in [0.3, 0.4) is 0 Å². The fourth-order valence-electron chi connectivity index (χ4n) is 1.61. The minimum Gasteiger partial charge on any atom is -0.397 e. The van der Waals surface area contributed by atoms with Crippen molar-refractivity contribution in [3.8, 4) is 0 Å². The first-order chi connectivity index (χ1) is 8.66. The van der Waals surface area contributed by atoms with Gasteiger partial charge in [-0.3, -0.25) is 9.48 Å². The smallest absolute Gasteiger partial charge is 0.248 e. The number of nitrogens with zero attached hydrogens (tertiary/aromatic N) is 2. The van der Waals surface area contributed by atoms with Crippen LogP contribution in [-0.2, 0) is 6.54 Å². The second kappa shape index (κ2) is 5.22. The van der Waals surface area contributed by atoms with E-state index in [2.05, 4.69) is 10.4 Å². The molecule has 0 saturated heterocycles. The number of benzene rings is 1. The zero-order valence-corrected chi connectivity index (χ0v) is 9.84. The number of carbonyl (C=O) groups is 1. The van der Waals surface area contributed by atoms with Crippen molar-refractivity contribution in [1.82, 2.24) is 9.78 Å².